The van der Waals surface area contributed by atoms with Gasteiger partial charge in [-0.2, -0.15) is 0 Å². The maximum Gasteiger partial charge on any atom is 0.303 e. The first kappa shape index (κ1) is 28.9. The van der Waals surface area contributed by atoms with Crippen LogP contribution in [0.1, 0.15) is 43.8 Å². The number of nitrogens with zero attached hydrogens (tertiary/aromatic N) is 2. The van der Waals surface area contributed by atoms with Crippen LogP contribution in [-0.4, -0.2) is 54.3 Å². The number of pyridine rings is 1. The summed E-state index contributed by atoms with van der Waals surface area (Å²) in [6, 6.07) is 6.73. The minimum atomic E-state index is -1.55. The molecule has 1 atom stereocenters. The molecule has 3 aromatic rings. The number of fused-ring (bicyclic) bond motifs is 1. The number of methoxy groups -OCH3 is 1. The lowest BCUT2D eigenvalue weighted by Gasteiger charge is -2.41. The molecule has 2 aromatic carbocycles. The Balaban J connectivity index is 1.38. The Morgan fingerprint density at radius 1 is 1.15 bits per heavy atom. The maximum atomic E-state index is 15.7. The van der Waals surface area contributed by atoms with Crippen molar-refractivity contribution in [3.05, 3.63) is 64.6 Å². The summed E-state index contributed by atoms with van der Waals surface area (Å²) in [7, 11) is 1.52. The van der Waals surface area contributed by atoms with Crippen LogP contribution in [0, 0.1) is 22.9 Å². The highest BCUT2D eigenvalue weighted by atomic mass is 35.5. The summed E-state index contributed by atoms with van der Waals surface area (Å²) in [4.78, 5) is 18.0. The van der Waals surface area contributed by atoms with Crippen LogP contribution in [0.25, 0.3) is 10.9 Å². The Hall–Kier alpha value is -3.11. The number of aliphatic carboxylic acids is 1. The number of hydrogen-bond donors (Lipinski definition) is 1. The van der Waals surface area contributed by atoms with Gasteiger partial charge in [0.05, 0.1) is 24.1 Å². The van der Waals surface area contributed by atoms with E-state index >= 15 is 4.39 Å². The Morgan fingerprint density at radius 3 is 2.49 bits per heavy atom. The summed E-state index contributed by atoms with van der Waals surface area (Å²) in [5.41, 5.74) is 0.304. The molecule has 39 heavy (non-hydrogen) atoms. The molecule has 0 unspecified atom stereocenters. The molecule has 0 spiro atoms. The van der Waals surface area contributed by atoms with Gasteiger partial charge >= 0.3 is 5.97 Å². The fraction of sp³-hybridized carbons (Fsp3) is 0.429. The van der Waals surface area contributed by atoms with E-state index in [0.29, 0.717) is 61.1 Å². The van der Waals surface area contributed by atoms with Gasteiger partial charge in [0.15, 0.2) is 17.5 Å². The number of aromatic nitrogens is 1. The second kappa shape index (κ2) is 12.4. The third-order valence-corrected chi connectivity index (χ3v) is 7.69. The quantitative estimate of drug-likeness (QED) is 0.204. The number of likely N-dealkylation sites (tertiary alicyclic amines) is 1. The number of ether oxygens (including phenoxy) is 2. The lowest BCUT2D eigenvalue weighted by Crippen LogP contribution is -2.42. The topological polar surface area (TPSA) is 71.9 Å². The summed E-state index contributed by atoms with van der Waals surface area (Å²) >= 11 is 6.35. The van der Waals surface area contributed by atoms with Gasteiger partial charge in [0.25, 0.3) is 0 Å². The molecule has 210 valence electrons. The van der Waals surface area contributed by atoms with Gasteiger partial charge in [-0.3, -0.25) is 14.7 Å². The van der Waals surface area contributed by atoms with Gasteiger partial charge in [0.2, 0.25) is 0 Å². The number of halogens is 5. The van der Waals surface area contributed by atoms with Crippen LogP contribution in [0.3, 0.4) is 0 Å². The number of benzene rings is 2. The van der Waals surface area contributed by atoms with E-state index in [0.717, 1.165) is 12.1 Å². The number of piperidine rings is 1. The van der Waals surface area contributed by atoms with Crippen LogP contribution in [0.4, 0.5) is 17.6 Å². The first-order chi connectivity index (χ1) is 18.6. The summed E-state index contributed by atoms with van der Waals surface area (Å²) < 4.78 is 66.2. The fourth-order valence-electron chi connectivity index (χ4n) is 5.19. The summed E-state index contributed by atoms with van der Waals surface area (Å²) in [5, 5.41) is 10.3. The third kappa shape index (κ3) is 6.91. The number of carboxylic acids is 1. The Labute approximate surface area is 228 Å². The highest BCUT2D eigenvalue weighted by Crippen LogP contribution is 2.44. The van der Waals surface area contributed by atoms with Gasteiger partial charge < -0.3 is 14.6 Å². The SMILES string of the molecule is COc1ccc2ncc(Cl)c([C@H](F)CCC3(CC(=O)O)CCN(CCOc4cc(F)c(F)c(F)c4)CC3)c2c1. The van der Waals surface area contributed by atoms with Gasteiger partial charge in [-0.25, -0.2) is 17.6 Å². The largest absolute Gasteiger partial charge is 0.497 e. The monoisotopic (exact) mass is 568 g/mol. The van der Waals surface area contributed by atoms with Crippen molar-refractivity contribution in [3.63, 3.8) is 0 Å². The number of hydrogen-bond acceptors (Lipinski definition) is 5. The third-order valence-electron chi connectivity index (χ3n) is 7.39. The van der Waals surface area contributed by atoms with Gasteiger partial charge in [0.1, 0.15) is 24.3 Å². The number of rotatable bonds is 11. The Morgan fingerprint density at radius 2 is 1.85 bits per heavy atom. The van der Waals surface area contributed by atoms with Gasteiger partial charge in [-0.15, -0.1) is 0 Å². The van der Waals surface area contributed by atoms with Crippen molar-refractivity contribution in [2.75, 3.05) is 33.4 Å². The second-order valence-corrected chi connectivity index (χ2v) is 10.3. The normalized spacial score (nSPS) is 16.3. The zero-order chi connectivity index (χ0) is 28.2. The Bertz CT molecular complexity index is 1310. The van der Waals surface area contributed by atoms with E-state index in [-0.39, 0.29) is 30.2 Å². The van der Waals surface area contributed by atoms with Crippen molar-refractivity contribution in [3.8, 4) is 11.5 Å². The van der Waals surface area contributed by atoms with Crippen LogP contribution < -0.4 is 9.47 Å². The van der Waals surface area contributed by atoms with Crippen molar-refractivity contribution in [1.29, 1.82) is 0 Å². The van der Waals surface area contributed by atoms with E-state index in [2.05, 4.69) is 4.98 Å². The number of alkyl halides is 1. The molecule has 1 N–H and O–H groups in total. The lowest BCUT2D eigenvalue weighted by atomic mass is 9.71. The summed E-state index contributed by atoms with van der Waals surface area (Å²) in [6.07, 6.45) is 1.41. The van der Waals surface area contributed by atoms with Crippen molar-refractivity contribution in [2.45, 2.75) is 38.3 Å². The molecule has 1 fully saturated rings. The zero-order valence-electron chi connectivity index (χ0n) is 21.4. The van der Waals surface area contributed by atoms with Crippen LogP contribution in [0.5, 0.6) is 11.5 Å². The van der Waals surface area contributed by atoms with Crippen LogP contribution in [-0.2, 0) is 4.79 Å². The minimum Gasteiger partial charge on any atom is -0.497 e. The molecule has 1 aromatic heterocycles. The average molecular weight is 569 g/mol. The predicted octanol–water partition coefficient (Wildman–Crippen LogP) is 6.74. The standard InChI is InChI=1S/C28H29ClF4N2O4/c1-38-17-2-3-24-19(12-17)26(20(29)16-34-24)21(30)4-5-28(15-25(36)37)6-8-35(9-7-28)10-11-39-18-13-22(31)27(33)23(32)14-18/h2-3,12-14,16,21H,4-11,15H2,1H3,(H,36,37)/t21-/m1/s1. The fourth-order valence-corrected chi connectivity index (χ4v) is 5.45. The molecule has 0 aliphatic carbocycles. The van der Waals surface area contributed by atoms with E-state index in [1.807, 2.05) is 4.90 Å². The van der Waals surface area contributed by atoms with Crippen LogP contribution in [0.2, 0.25) is 5.02 Å². The van der Waals surface area contributed by atoms with Crippen molar-refractivity contribution in [1.82, 2.24) is 9.88 Å². The highest BCUT2D eigenvalue weighted by molar-refractivity contribution is 6.32. The first-order valence-corrected chi connectivity index (χ1v) is 13.0. The van der Waals surface area contributed by atoms with Crippen molar-refractivity contribution < 1.29 is 36.9 Å². The molecule has 2 heterocycles. The molecule has 0 bridgehead atoms. The van der Waals surface area contributed by atoms with Gasteiger partial charge in [-0.1, -0.05) is 11.6 Å². The predicted molar refractivity (Wildman–Crippen MR) is 139 cm³/mol. The van der Waals surface area contributed by atoms with E-state index < -0.39 is 35.0 Å². The smallest absolute Gasteiger partial charge is 0.303 e. The second-order valence-electron chi connectivity index (χ2n) is 9.87. The van der Waals surface area contributed by atoms with Crippen LogP contribution >= 0.6 is 11.6 Å². The Kier molecular flexibility index (Phi) is 9.17. The molecular weight excluding hydrogens is 540 g/mol. The molecule has 1 saturated heterocycles. The summed E-state index contributed by atoms with van der Waals surface area (Å²) in [5.74, 6) is -4.71. The van der Waals surface area contributed by atoms with E-state index in [1.165, 1.54) is 13.3 Å². The van der Waals surface area contributed by atoms with Crippen LogP contribution in [0.15, 0.2) is 36.5 Å². The molecule has 0 radical (unpaired) electrons. The first-order valence-electron chi connectivity index (χ1n) is 12.6. The highest BCUT2D eigenvalue weighted by Gasteiger charge is 2.37. The molecule has 6 nitrogen and oxygen atoms in total. The maximum absolute atomic E-state index is 15.7. The molecule has 0 saturated carbocycles. The van der Waals surface area contributed by atoms with Crippen molar-refractivity contribution >= 4 is 28.5 Å². The van der Waals surface area contributed by atoms with Gasteiger partial charge in [-0.05, 0) is 62.4 Å². The average Bonchev–Trinajstić information content (AvgIpc) is 2.90. The molecular formula is C28H29ClF4N2O4. The van der Waals surface area contributed by atoms with E-state index in [1.54, 1.807) is 18.2 Å². The number of carboxylic acid groups (broad SMARTS) is 1. The molecule has 11 heteroatoms. The number of carbonyl (C=O) groups is 1. The lowest BCUT2D eigenvalue weighted by molar-refractivity contribution is -0.141. The molecule has 4 rings (SSSR count). The van der Waals surface area contributed by atoms with E-state index in [9.17, 15) is 23.1 Å². The van der Waals surface area contributed by atoms with Crippen molar-refractivity contribution in [2.24, 2.45) is 5.41 Å². The van der Waals surface area contributed by atoms with Gasteiger partial charge in [0, 0.05) is 35.8 Å². The van der Waals surface area contributed by atoms with E-state index in [4.69, 9.17) is 21.1 Å². The zero-order valence-corrected chi connectivity index (χ0v) is 22.1. The minimum absolute atomic E-state index is 0.0865. The summed E-state index contributed by atoms with van der Waals surface area (Å²) in [6.45, 7) is 1.64. The molecule has 0 amide bonds. The molecule has 1 aliphatic rings. The molecule has 1 aliphatic heterocycles.